The van der Waals surface area contributed by atoms with Gasteiger partial charge in [-0.25, -0.2) is 4.98 Å². The van der Waals surface area contributed by atoms with Crippen molar-refractivity contribution in [1.82, 2.24) is 19.4 Å². The molecule has 1 amide bonds. The van der Waals surface area contributed by atoms with E-state index in [9.17, 15) is 22.8 Å². The maximum atomic E-state index is 12.8. The van der Waals surface area contributed by atoms with Crippen LogP contribution in [-0.4, -0.2) is 38.4 Å². The average molecular weight is 354 g/mol. The zero-order valence-electron chi connectivity index (χ0n) is 13.5. The van der Waals surface area contributed by atoms with Gasteiger partial charge in [0, 0.05) is 44.5 Å². The number of amides is 1. The summed E-state index contributed by atoms with van der Waals surface area (Å²) in [5.74, 6) is -0.195. The van der Waals surface area contributed by atoms with Crippen LogP contribution in [0.25, 0.3) is 0 Å². The number of H-pyrrole nitrogens is 1. The number of aromatic amines is 1. The van der Waals surface area contributed by atoms with E-state index in [1.165, 1.54) is 29.9 Å². The van der Waals surface area contributed by atoms with E-state index in [2.05, 4.69) is 9.97 Å². The second-order valence-corrected chi connectivity index (χ2v) is 6.12. The van der Waals surface area contributed by atoms with E-state index < -0.39 is 11.9 Å². The Labute approximate surface area is 141 Å². The van der Waals surface area contributed by atoms with Crippen molar-refractivity contribution in [3.63, 3.8) is 0 Å². The molecule has 9 heteroatoms. The number of likely N-dealkylation sites (tertiary alicyclic amines) is 1. The van der Waals surface area contributed by atoms with Gasteiger partial charge in [-0.3, -0.25) is 9.59 Å². The molecular weight excluding hydrogens is 337 g/mol. The number of piperidine rings is 1. The number of nitrogens with zero attached hydrogens (tertiary/aromatic N) is 3. The largest absolute Gasteiger partial charge is 0.434 e. The van der Waals surface area contributed by atoms with E-state index in [-0.39, 0.29) is 17.4 Å². The first-order chi connectivity index (χ1) is 11.8. The molecule has 0 saturated carbocycles. The van der Waals surface area contributed by atoms with Gasteiger partial charge in [0.05, 0.1) is 5.56 Å². The molecule has 2 aromatic rings. The fourth-order valence-corrected chi connectivity index (χ4v) is 3.10. The van der Waals surface area contributed by atoms with Crippen LogP contribution in [0.2, 0.25) is 0 Å². The van der Waals surface area contributed by atoms with Crippen LogP contribution in [0.15, 0.2) is 29.3 Å². The number of halogens is 3. The number of aromatic nitrogens is 3. The summed E-state index contributed by atoms with van der Waals surface area (Å²) in [7, 11) is 1.53. The van der Waals surface area contributed by atoms with Crippen molar-refractivity contribution in [2.45, 2.75) is 24.9 Å². The van der Waals surface area contributed by atoms with E-state index in [4.69, 9.17) is 0 Å². The smallest absolute Gasteiger partial charge is 0.338 e. The third-order valence-corrected chi connectivity index (χ3v) is 4.31. The molecule has 3 heterocycles. The van der Waals surface area contributed by atoms with E-state index in [0.29, 0.717) is 37.3 Å². The molecular formula is C16H17F3N4O2. The highest BCUT2D eigenvalue weighted by Crippen LogP contribution is 2.32. The zero-order valence-corrected chi connectivity index (χ0v) is 13.5. The van der Waals surface area contributed by atoms with Crippen molar-refractivity contribution >= 4 is 5.91 Å². The number of alkyl halides is 3. The molecule has 1 atom stereocenters. The van der Waals surface area contributed by atoms with E-state index in [1.807, 2.05) is 0 Å². The van der Waals surface area contributed by atoms with E-state index >= 15 is 0 Å². The first-order valence-electron chi connectivity index (χ1n) is 7.84. The summed E-state index contributed by atoms with van der Waals surface area (Å²) in [6, 6.07) is 2.70. The lowest BCUT2D eigenvalue weighted by atomic mass is 9.96. The van der Waals surface area contributed by atoms with Crippen LogP contribution in [0.1, 0.15) is 40.6 Å². The van der Waals surface area contributed by atoms with Gasteiger partial charge in [0.25, 0.3) is 5.91 Å². The van der Waals surface area contributed by atoms with Gasteiger partial charge in [-0.2, -0.15) is 13.2 Å². The standard InChI is InChI=1S/C16H17F3N4O2/c1-22-9-12(16(17,18)19)21-14(22)11-3-2-6-23(8-11)15(25)10-4-5-13(24)20-7-10/h4-5,7,9,11H,2-3,6,8H2,1H3,(H,20,24)/t11-/m1/s1. The second kappa shape index (κ2) is 6.38. The number of carbonyl (C=O) groups excluding carboxylic acids is 1. The van der Waals surface area contributed by atoms with Crippen LogP contribution in [0.5, 0.6) is 0 Å². The minimum Gasteiger partial charge on any atom is -0.338 e. The first-order valence-corrected chi connectivity index (χ1v) is 7.84. The van der Waals surface area contributed by atoms with Crippen molar-refractivity contribution in [3.8, 4) is 0 Å². The molecule has 25 heavy (non-hydrogen) atoms. The maximum Gasteiger partial charge on any atom is 0.434 e. The van der Waals surface area contributed by atoms with Gasteiger partial charge in [-0.1, -0.05) is 0 Å². The fraction of sp³-hybridized carbons (Fsp3) is 0.438. The van der Waals surface area contributed by atoms with Gasteiger partial charge in [-0.15, -0.1) is 0 Å². The third-order valence-electron chi connectivity index (χ3n) is 4.31. The number of hydrogen-bond donors (Lipinski definition) is 1. The average Bonchev–Trinajstić information content (AvgIpc) is 2.97. The summed E-state index contributed by atoms with van der Waals surface area (Å²) < 4.78 is 39.9. The predicted octanol–water partition coefficient (Wildman–Crippen LogP) is 2.15. The molecule has 1 fully saturated rings. The molecule has 134 valence electrons. The van der Waals surface area contributed by atoms with Gasteiger partial charge in [0.15, 0.2) is 5.69 Å². The first kappa shape index (κ1) is 17.2. The fourth-order valence-electron chi connectivity index (χ4n) is 3.10. The molecule has 1 saturated heterocycles. The highest BCUT2D eigenvalue weighted by Gasteiger charge is 2.36. The summed E-state index contributed by atoms with van der Waals surface area (Å²) in [6.45, 7) is 0.811. The quantitative estimate of drug-likeness (QED) is 0.898. The molecule has 1 aliphatic heterocycles. The van der Waals surface area contributed by atoms with Crippen LogP contribution >= 0.6 is 0 Å². The van der Waals surface area contributed by atoms with Crippen LogP contribution in [0, 0.1) is 0 Å². The Morgan fingerprint density at radius 1 is 1.36 bits per heavy atom. The molecule has 0 bridgehead atoms. The van der Waals surface area contributed by atoms with Crippen LogP contribution in [-0.2, 0) is 13.2 Å². The van der Waals surface area contributed by atoms with Gasteiger partial charge in [0.1, 0.15) is 5.82 Å². The summed E-state index contributed by atoms with van der Waals surface area (Å²) in [6.07, 6.45) is -0.837. The zero-order chi connectivity index (χ0) is 18.2. The Morgan fingerprint density at radius 2 is 2.12 bits per heavy atom. The lowest BCUT2D eigenvalue weighted by Crippen LogP contribution is -2.39. The summed E-state index contributed by atoms with van der Waals surface area (Å²) in [4.78, 5) is 31.4. The molecule has 6 nitrogen and oxygen atoms in total. The molecule has 1 N–H and O–H groups in total. The molecule has 0 aliphatic carbocycles. The van der Waals surface area contributed by atoms with Gasteiger partial charge in [0.2, 0.25) is 5.56 Å². The maximum absolute atomic E-state index is 12.8. The normalized spacial score (nSPS) is 18.4. The van der Waals surface area contributed by atoms with Crippen LogP contribution < -0.4 is 5.56 Å². The lowest BCUT2D eigenvalue weighted by molar-refractivity contribution is -0.141. The Hall–Kier alpha value is -2.58. The highest BCUT2D eigenvalue weighted by atomic mass is 19.4. The Balaban J connectivity index is 1.79. The summed E-state index contributed by atoms with van der Waals surface area (Å²) >= 11 is 0. The van der Waals surface area contributed by atoms with Gasteiger partial charge in [-0.05, 0) is 18.9 Å². The molecule has 0 aromatic carbocycles. The number of carbonyl (C=O) groups is 1. The number of pyridine rings is 1. The van der Waals surface area contributed by atoms with Gasteiger partial charge >= 0.3 is 6.18 Å². The van der Waals surface area contributed by atoms with Crippen molar-refractivity contribution in [3.05, 3.63) is 52.0 Å². The number of nitrogens with one attached hydrogen (secondary N) is 1. The van der Waals surface area contributed by atoms with Crippen molar-refractivity contribution < 1.29 is 18.0 Å². The van der Waals surface area contributed by atoms with Gasteiger partial charge < -0.3 is 14.5 Å². The Bertz CT molecular complexity index is 820. The van der Waals surface area contributed by atoms with Crippen molar-refractivity contribution in [2.24, 2.45) is 7.05 Å². The minimum absolute atomic E-state index is 0.258. The number of rotatable bonds is 2. The van der Waals surface area contributed by atoms with E-state index in [1.54, 1.807) is 4.90 Å². The minimum atomic E-state index is -4.49. The summed E-state index contributed by atoms with van der Waals surface area (Å²) in [5.41, 5.74) is -0.883. The molecule has 0 spiro atoms. The van der Waals surface area contributed by atoms with Crippen LogP contribution in [0.4, 0.5) is 13.2 Å². The Kier molecular flexibility index (Phi) is 4.40. The number of aryl methyl sites for hydroxylation is 1. The SMILES string of the molecule is Cn1cc(C(F)(F)F)nc1[C@@H]1CCCN(C(=O)c2ccc(=O)[nH]c2)C1. The topological polar surface area (TPSA) is 71.0 Å². The number of imidazole rings is 1. The molecule has 2 aromatic heterocycles. The molecule has 3 rings (SSSR count). The Morgan fingerprint density at radius 3 is 2.72 bits per heavy atom. The van der Waals surface area contributed by atoms with E-state index in [0.717, 1.165) is 6.20 Å². The number of hydrogen-bond acceptors (Lipinski definition) is 3. The second-order valence-electron chi connectivity index (χ2n) is 6.12. The highest BCUT2D eigenvalue weighted by molar-refractivity contribution is 5.93. The van der Waals surface area contributed by atoms with Crippen LogP contribution in [0.3, 0.4) is 0 Å². The predicted molar refractivity (Wildman–Crippen MR) is 83.2 cm³/mol. The molecule has 1 aliphatic rings. The third kappa shape index (κ3) is 3.59. The molecule has 0 radical (unpaired) electrons. The van der Waals surface area contributed by atoms with Crippen molar-refractivity contribution in [2.75, 3.05) is 13.1 Å². The summed E-state index contributed by atoms with van der Waals surface area (Å²) in [5, 5.41) is 0. The monoisotopic (exact) mass is 354 g/mol. The van der Waals surface area contributed by atoms with Crippen molar-refractivity contribution in [1.29, 1.82) is 0 Å². The lowest BCUT2D eigenvalue weighted by Gasteiger charge is -2.32. The molecule has 0 unspecified atom stereocenters.